The normalized spacial score (nSPS) is 11.2. The molecule has 15 heavy (non-hydrogen) atoms. The smallest absolute Gasteiger partial charge is 0.247 e. The lowest BCUT2D eigenvalue weighted by atomic mass is 10.1. The van der Waals surface area contributed by atoms with Crippen LogP contribution in [0.25, 0.3) is 0 Å². The summed E-state index contributed by atoms with van der Waals surface area (Å²) in [5, 5.41) is 2.50. The first-order valence-electron chi connectivity index (χ1n) is 5.33. The van der Waals surface area contributed by atoms with Crippen molar-refractivity contribution in [1.82, 2.24) is 5.32 Å². The molecule has 0 aromatic heterocycles. The lowest BCUT2D eigenvalue weighted by molar-refractivity contribution is -0.118. The van der Waals surface area contributed by atoms with E-state index in [1.807, 2.05) is 0 Å². The summed E-state index contributed by atoms with van der Waals surface area (Å²) < 4.78 is 0. The van der Waals surface area contributed by atoms with Gasteiger partial charge in [-0.05, 0) is 12.8 Å². The van der Waals surface area contributed by atoms with Crippen LogP contribution in [0.5, 0.6) is 0 Å². The van der Waals surface area contributed by atoms with Gasteiger partial charge in [-0.1, -0.05) is 26.2 Å². The van der Waals surface area contributed by atoms with Gasteiger partial charge in [0.05, 0.1) is 0 Å². The monoisotopic (exact) mass is 212 g/mol. The van der Waals surface area contributed by atoms with E-state index < -0.39 is 5.91 Å². The van der Waals surface area contributed by atoms with Crippen molar-refractivity contribution in [3.05, 3.63) is 11.6 Å². The molecule has 3 N–H and O–H groups in total. The molecule has 0 unspecified atom stereocenters. The number of primary amides is 1. The van der Waals surface area contributed by atoms with Crippen LogP contribution in [0.3, 0.4) is 0 Å². The highest BCUT2D eigenvalue weighted by atomic mass is 16.2. The van der Waals surface area contributed by atoms with Gasteiger partial charge < -0.3 is 11.1 Å². The molecule has 0 fully saturated rings. The Balaban J connectivity index is 4.15. The van der Waals surface area contributed by atoms with Gasteiger partial charge in [0.25, 0.3) is 0 Å². The van der Waals surface area contributed by atoms with E-state index >= 15 is 0 Å². The molecule has 2 amide bonds. The number of unbranched alkanes of at least 4 members (excludes halogenated alkanes) is 3. The molecule has 4 heteroatoms. The first-order valence-corrected chi connectivity index (χ1v) is 5.33. The largest absolute Gasteiger partial charge is 0.366 e. The second kappa shape index (κ2) is 8.03. The minimum atomic E-state index is -0.566. The number of hydrogen-bond acceptors (Lipinski definition) is 2. The summed E-state index contributed by atoms with van der Waals surface area (Å²) in [6, 6.07) is 0. The molecule has 0 aromatic rings. The second-order valence-electron chi connectivity index (χ2n) is 3.46. The Hall–Kier alpha value is -1.32. The van der Waals surface area contributed by atoms with Gasteiger partial charge in [-0.2, -0.15) is 0 Å². The predicted octanol–water partition coefficient (Wildman–Crippen LogP) is 1.11. The Morgan fingerprint density at radius 3 is 2.40 bits per heavy atom. The molecule has 0 rings (SSSR count). The molecule has 0 heterocycles. The molecule has 0 aliphatic carbocycles. The fourth-order valence-corrected chi connectivity index (χ4v) is 1.33. The van der Waals surface area contributed by atoms with Crippen molar-refractivity contribution in [3.8, 4) is 0 Å². The van der Waals surface area contributed by atoms with Crippen LogP contribution in [0, 0.1) is 0 Å². The zero-order valence-corrected chi connectivity index (χ0v) is 9.51. The van der Waals surface area contributed by atoms with Crippen molar-refractivity contribution < 1.29 is 9.59 Å². The van der Waals surface area contributed by atoms with E-state index in [0.717, 1.165) is 25.7 Å². The maximum absolute atomic E-state index is 11.3. The third kappa shape index (κ3) is 6.71. The zero-order chi connectivity index (χ0) is 11.7. The van der Waals surface area contributed by atoms with Crippen LogP contribution < -0.4 is 11.1 Å². The van der Waals surface area contributed by atoms with Crippen LogP contribution in [0.4, 0.5) is 0 Å². The number of carbonyl (C=O) groups is 2. The van der Waals surface area contributed by atoms with E-state index in [9.17, 15) is 9.59 Å². The van der Waals surface area contributed by atoms with Crippen LogP contribution in [-0.4, -0.2) is 18.9 Å². The molecular weight excluding hydrogens is 192 g/mol. The maximum Gasteiger partial charge on any atom is 0.247 e. The molecule has 0 aliphatic heterocycles. The van der Waals surface area contributed by atoms with E-state index in [1.165, 1.54) is 6.08 Å². The van der Waals surface area contributed by atoms with E-state index in [2.05, 4.69) is 12.2 Å². The van der Waals surface area contributed by atoms with E-state index in [1.54, 1.807) is 7.05 Å². The quantitative estimate of drug-likeness (QED) is 0.490. The van der Waals surface area contributed by atoms with E-state index in [0.29, 0.717) is 12.0 Å². The molecule has 0 bridgehead atoms. The van der Waals surface area contributed by atoms with Crippen molar-refractivity contribution in [2.45, 2.75) is 39.0 Å². The number of hydrogen-bond donors (Lipinski definition) is 2. The molecule has 0 aromatic carbocycles. The summed E-state index contributed by atoms with van der Waals surface area (Å²) in [5.74, 6) is -0.783. The summed E-state index contributed by atoms with van der Waals surface area (Å²) in [4.78, 5) is 22.0. The number of carbonyl (C=O) groups excluding carboxylic acids is 2. The summed E-state index contributed by atoms with van der Waals surface area (Å²) in [7, 11) is 1.54. The van der Waals surface area contributed by atoms with Crippen LogP contribution in [0.15, 0.2) is 11.6 Å². The SMILES string of the molecule is CCCCCC/C(=C/C(N)=O)C(=O)NC. The number of amides is 2. The minimum Gasteiger partial charge on any atom is -0.366 e. The summed E-state index contributed by atoms with van der Waals surface area (Å²) in [5.41, 5.74) is 5.49. The molecular formula is C11H20N2O2. The van der Waals surface area contributed by atoms with E-state index in [4.69, 9.17) is 5.73 Å². The number of nitrogens with one attached hydrogen (secondary N) is 1. The van der Waals surface area contributed by atoms with Gasteiger partial charge in [0.1, 0.15) is 0 Å². The van der Waals surface area contributed by atoms with Crippen LogP contribution >= 0.6 is 0 Å². The summed E-state index contributed by atoms with van der Waals surface area (Å²) >= 11 is 0. The molecule has 0 atom stereocenters. The standard InChI is InChI=1S/C11H20N2O2/c1-3-4-5-6-7-9(8-10(12)14)11(15)13-2/h8H,3-7H2,1-2H3,(H2,12,14)(H,13,15)/b9-8-. The van der Waals surface area contributed by atoms with Crippen LogP contribution in [-0.2, 0) is 9.59 Å². The van der Waals surface area contributed by atoms with Crippen molar-refractivity contribution in [2.24, 2.45) is 5.73 Å². The van der Waals surface area contributed by atoms with Crippen molar-refractivity contribution in [1.29, 1.82) is 0 Å². The van der Waals surface area contributed by atoms with Crippen molar-refractivity contribution in [2.75, 3.05) is 7.05 Å². The van der Waals surface area contributed by atoms with Gasteiger partial charge in [0.15, 0.2) is 0 Å². The number of nitrogens with two attached hydrogens (primary N) is 1. The summed E-state index contributed by atoms with van der Waals surface area (Å²) in [6.07, 6.45) is 6.11. The van der Waals surface area contributed by atoms with Gasteiger partial charge in [-0.3, -0.25) is 9.59 Å². The lowest BCUT2D eigenvalue weighted by Gasteiger charge is -2.04. The third-order valence-electron chi connectivity index (χ3n) is 2.13. The fourth-order valence-electron chi connectivity index (χ4n) is 1.33. The van der Waals surface area contributed by atoms with Crippen molar-refractivity contribution >= 4 is 11.8 Å². The Bertz CT molecular complexity index is 247. The number of rotatable bonds is 7. The topological polar surface area (TPSA) is 72.2 Å². The first-order chi connectivity index (χ1) is 7.11. The first kappa shape index (κ1) is 13.7. The molecule has 0 spiro atoms. The Morgan fingerprint density at radius 1 is 1.27 bits per heavy atom. The Labute approximate surface area is 90.9 Å². The average Bonchev–Trinajstić information content (AvgIpc) is 2.21. The second-order valence-corrected chi connectivity index (χ2v) is 3.46. The van der Waals surface area contributed by atoms with Crippen LogP contribution in [0.2, 0.25) is 0 Å². The van der Waals surface area contributed by atoms with Crippen LogP contribution in [0.1, 0.15) is 39.0 Å². The van der Waals surface area contributed by atoms with Crippen molar-refractivity contribution in [3.63, 3.8) is 0 Å². The highest BCUT2D eigenvalue weighted by Crippen LogP contribution is 2.10. The molecule has 4 nitrogen and oxygen atoms in total. The van der Waals surface area contributed by atoms with Gasteiger partial charge in [0.2, 0.25) is 11.8 Å². The molecule has 0 saturated heterocycles. The van der Waals surface area contributed by atoms with Gasteiger partial charge in [-0.25, -0.2) is 0 Å². The molecule has 0 aliphatic rings. The maximum atomic E-state index is 11.3. The highest BCUT2D eigenvalue weighted by Gasteiger charge is 2.07. The van der Waals surface area contributed by atoms with Gasteiger partial charge in [0, 0.05) is 18.7 Å². The highest BCUT2D eigenvalue weighted by molar-refractivity contribution is 6.00. The van der Waals surface area contributed by atoms with E-state index in [-0.39, 0.29) is 5.91 Å². The predicted molar refractivity (Wildman–Crippen MR) is 60.1 cm³/mol. The zero-order valence-electron chi connectivity index (χ0n) is 9.51. The number of likely N-dealkylation sites (N-methyl/N-ethyl adjacent to an activating group) is 1. The Kier molecular flexibility index (Phi) is 7.32. The average molecular weight is 212 g/mol. The minimum absolute atomic E-state index is 0.217. The summed E-state index contributed by atoms with van der Waals surface area (Å²) in [6.45, 7) is 2.12. The van der Waals surface area contributed by atoms with Gasteiger partial charge >= 0.3 is 0 Å². The van der Waals surface area contributed by atoms with Gasteiger partial charge in [-0.15, -0.1) is 0 Å². The molecule has 86 valence electrons. The molecule has 0 radical (unpaired) electrons. The molecule has 0 saturated carbocycles. The lowest BCUT2D eigenvalue weighted by Crippen LogP contribution is -2.22. The Morgan fingerprint density at radius 2 is 1.93 bits per heavy atom. The third-order valence-corrected chi connectivity index (χ3v) is 2.13. The fraction of sp³-hybridized carbons (Fsp3) is 0.636.